The van der Waals surface area contributed by atoms with E-state index >= 15 is 0 Å². The van der Waals surface area contributed by atoms with Crippen LogP contribution in [0.25, 0.3) is 76.2 Å². The van der Waals surface area contributed by atoms with Crippen LogP contribution in [0.1, 0.15) is 13.8 Å². The van der Waals surface area contributed by atoms with E-state index in [0.29, 0.717) is 0 Å². The molecule has 0 saturated carbocycles. The molecule has 0 N–H and O–H groups in total. The van der Waals surface area contributed by atoms with Gasteiger partial charge in [0.2, 0.25) is 0 Å². The van der Waals surface area contributed by atoms with Crippen molar-refractivity contribution in [1.29, 1.82) is 0 Å². The van der Waals surface area contributed by atoms with E-state index in [-0.39, 0.29) is 0 Å². The third-order valence-corrected chi connectivity index (χ3v) is 8.24. The molecule has 0 aliphatic heterocycles. The third-order valence-electron chi connectivity index (χ3n) is 7.71. The third kappa shape index (κ3) is 2.27. The first-order chi connectivity index (χ1) is 17.3. The molecule has 8 aromatic rings. The summed E-state index contributed by atoms with van der Waals surface area (Å²) in [5.41, 5.74) is 7.18. The molecule has 168 valence electrons. The quantitative estimate of drug-likeness (QED) is 0.255. The molecule has 5 aromatic carbocycles. The lowest BCUT2D eigenvalue weighted by atomic mass is 10.0. The summed E-state index contributed by atoms with van der Waals surface area (Å²) < 4.78 is 14.8. The predicted molar refractivity (Wildman–Crippen MR) is 150 cm³/mol. The molecular weight excluding hydrogens is 448 g/mol. The Balaban J connectivity index is 1.78. The maximum Gasteiger partial charge on any atom is 0.115 e. The zero-order valence-corrected chi connectivity index (χ0v) is 20.4. The van der Waals surface area contributed by atoms with Crippen molar-refractivity contribution in [2.24, 2.45) is 0 Å². The van der Waals surface area contributed by atoms with Gasteiger partial charge in [-0.15, -0.1) is 0 Å². The summed E-state index contributed by atoms with van der Waals surface area (Å²) in [5.74, 6) is 0. The van der Waals surface area contributed by atoms with Crippen LogP contribution >= 0.6 is 11.7 Å². The summed E-state index contributed by atoms with van der Waals surface area (Å²) in [6.45, 7) is 6.28. The largest absolute Gasteiger partial charge is 0.338 e. The fourth-order valence-electron chi connectivity index (χ4n) is 6.36. The Hall–Kier alpha value is -3.96. The monoisotopic (exact) mass is 470 g/mol. The first kappa shape index (κ1) is 19.4. The molecule has 8 rings (SSSR count). The van der Waals surface area contributed by atoms with Crippen molar-refractivity contribution in [1.82, 2.24) is 17.9 Å². The van der Waals surface area contributed by atoms with Gasteiger partial charge in [0.25, 0.3) is 0 Å². The van der Waals surface area contributed by atoms with Crippen LogP contribution in [0, 0.1) is 0 Å². The van der Waals surface area contributed by atoms with Crippen LogP contribution in [0.2, 0.25) is 0 Å². The summed E-state index contributed by atoms with van der Waals surface area (Å²) >= 11 is 1.32. The van der Waals surface area contributed by atoms with Gasteiger partial charge in [-0.1, -0.05) is 72.8 Å². The van der Waals surface area contributed by atoms with Crippen molar-refractivity contribution < 1.29 is 0 Å². The van der Waals surface area contributed by atoms with E-state index in [1.165, 1.54) is 76.9 Å². The zero-order chi connectivity index (χ0) is 23.3. The van der Waals surface area contributed by atoms with Crippen LogP contribution in [0.15, 0.2) is 72.8 Å². The standard InChI is InChI=1S/C30H22N4S/c1-3-33-27-19-11-7-5-9-17(19)13-15-21(27)23-25-26(32-35-31-25)24-22-16-14-18-10-6-8-12-20(18)28(22)34(4-2)30(24)29(23)33/h5-16H,3-4H2,1-2H3. The van der Waals surface area contributed by atoms with E-state index in [4.69, 9.17) is 8.75 Å². The molecule has 0 bridgehead atoms. The molecule has 0 saturated heterocycles. The Morgan fingerprint density at radius 2 is 1.00 bits per heavy atom. The first-order valence-electron chi connectivity index (χ1n) is 12.2. The number of nitrogens with zero attached hydrogens (tertiary/aromatic N) is 4. The maximum absolute atomic E-state index is 4.89. The summed E-state index contributed by atoms with van der Waals surface area (Å²) in [6.07, 6.45) is 0. The van der Waals surface area contributed by atoms with E-state index in [1.807, 2.05) is 0 Å². The van der Waals surface area contributed by atoms with Crippen LogP contribution in [-0.4, -0.2) is 17.9 Å². The van der Waals surface area contributed by atoms with Crippen LogP contribution in [0.3, 0.4) is 0 Å². The van der Waals surface area contributed by atoms with Crippen LogP contribution < -0.4 is 0 Å². The van der Waals surface area contributed by atoms with Crippen LogP contribution in [0.4, 0.5) is 0 Å². The molecule has 0 fully saturated rings. The first-order valence-corrected chi connectivity index (χ1v) is 13.0. The minimum atomic E-state index is 0.887. The molecule has 0 aliphatic rings. The predicted octanol–water partition coefficient (Wildman–Crippen LogP) is 8.25. The van der Waals surface area contributed by atoms with Gasteiger partial charge in [0.05, 0.1) is 33.8 Å². The minimum absolute atomic E-state index is 0.887. The molecule has 0 aliphatic carbocycles. The van der Waals surface area contributed by atoms with Gasteiger partial charge in [0, 0.05) is 45.4 Å². The lowest BCUT2D eigenvalue weighted by molar-refractivity contribution is 0.811. The zero-order valence-electron chi connectivity index (χ0n) is 19.5. The highest BCUT2D eigenvalue weighted by Gasteiger charge is 2.25. The minimum Gasteiger partial charge on any atom is -0.338 e. The number of hydrogen-bond donors (Lipinski definition) is 0. The van der Waals surface area contributed by atoms with E-state index < -0.39 is 0 Å². The molecule has 0 spiro atoms. The summed E-state index contributed by atoms with van der Waals surface area (Å²) in [5, 5.41) is 10.1. The Bertz CT molecular complexity index is 1990. The molecule has 0 atom stereocenters. The van der Waals surface area contributed by atoms with Gasteiger partial charge in [0.1, 0.15) is 11.0 Å². The van der Waals surface area contributed by atoms with Gasteiger partial charge in [-0.3, -0.25) is 0 Å². The average Bonchev–Trinajstić information content (AvgIpc) is 3.60. The fourth-order valence-corrected chi connectivity index (χ4v) is 6.92. The Labute approximate surface area is 205 Å². The van der Waals surface area contributed by atoms with Gasteiger partial charge in [-0.2, -0.15) is 8.75 Å². The van der Waals surface area contributed by atoms with Crippen LogP contribution in [-0.2, 0) is 13.1 Å². The number of fused-ring (bicyclic) bond motifs is 14. The van der Waals surface area contributed by atoms with E-state index in [0.717, 1.165) is 24.1 Å². The van der Waals surface area contributed by atoms with Crippen molar-refractivity contribution >= 4 is 87.9 Å². The summed E-state index contributed by atoms with van der Waals surface area (Å²) in [7, 11) is 0. The Kier molecular flexibility index (Phi) is 3.76. The lowest BCUT2D eigenvalue weighted by Gasteiger charge is -2.10. The average molecular weight is 471 g/mol. The molecule has 35 heavy (non-hydrogen) atoms. The van der Waals surface area contributed by atoms with Gasteiger partial charge < -0.3 is 9.13 Å². The highest BCUT2D eigenvalue weighted by atomic mass is 32.1. The van der Waals surface area contributed by atoms with Gasteiger partial charge in [-0.05, 0) is 24.6 Å². The molecule has 5 heteroatoms. The Morgan fingerprint density at radius 3 is 1.46 bits per heavy atom. The van der Waals surface area contributed by atoms with E-state index in [2.05, 4.69) is 95.8 Å². The van der Waals surface area contributed by atoms with Gasteiger partial charge in [0.15, 0.2) is 0 Å². The van der Waals surface area contributed by atoms with Crippen molar-refractivity contribution in [2.45, 2.75) is 26.9 Å². The van der Waals surface area contributed by atoms with E-state index in [1.54, 1.807) is 0 Å². The second-order valence-corrected chi connectivity index (χ2v) is 9.79. The number of benzene rings is 5. The second-order valence-electron chi connectivity index (χ2n) is 9.26. The van der Waals surface area contributed by atoms with Crippen molar-refractivity contribution in [3.05, 3.63) is 72.8 Å². The van der Waals surface area contributed by atoms with Gasteiger partial charge in [-0.25, -0.2) is 0 Å². The van der Waals surface area contributed by atoms with Crippen LogP contribution in [0.5, 0.6) is 0 Å². The van der Waals surface area contributed by atoms with E-state index in [9.17, 15) is 0 Å². The second kappa shape index (κ2) is 6.80. The number of aromatic nitrogens is 4. The number of hydrogen-bond acceptors (Lipinski definition) is 3. The highest BCUT2D eigenvalue weighted by Crippen LogP contribution is 2.46. The molecule has 0 radical (unpaired) electrons. The molecular formula is C30H22N4S. The maximum atomic E-state index is 4.89. The van der Waals surface area contributed by atoms with Gasteiger partial charge >= 0.3 is 0 Å². The topological polar surface area (TPSA) is 35.6 Å². The Morgan fingerprint density at radius 1 is 0.543 bits per heavy atom. The molecule has 0 amide bonds. The smallest absolute Gasteiger partial charge is 0.115 e. The highest BCUT2D eigenvalue weighted by molar-refractivity contribution is 7.00. The lowest BCUT2D eigenvalue weighted by Crippen LogP contribution is -1.99. The fraction of sp³-hybridized carbons (Fsp3) is 0.133. The molecule has 4 nitrogen and oxygen atoms in total. The van der Waals surface area contributed by atoms with Crippen molar-refractivity contribution in [3.8, 4) is 0 Å². The molecule has 3 aromatic heterocycles. The normalized spacial score (nSPS) is 12.5. The SMILES string of the molecule is CCn1c2c3ccccc3ccc2c2c3nsnc3c3c4ccc5ccccc5c4n(CC)c3c21. The number of rotatable bonds is 2. The molecule has 0 unspecified atom stereocenters. The number of aryl methyl sites for hydroxylation is 2. The van der Waals surface area contributed by atoms with Crippen molar-refractivity contribution in [2.75, 3.05) is 0 Å². The van der Waals surface area contributed by atoms with Crippen molar-refractivity contribution in [3.63, 3.8) is 0 Å². The molecule has 3 heterocycles. The summed E-state index contributed by atoms with van der Waals surface area (Å²) in [6, 6.07) is 26.5. The summed E-state index contributed by atoms with van der Waals surface area (Å²) in [4.78, 5) is 0.